The zero-order chi connectivity index (χ0) is 16.4. The maximum atomic E-state index is 13.2. The molecule has 1 fully saturated rings. The summed E-state index contributed by atoms with van der Waals surface area (Å²) in [6.45, 7) is 2.41. The highest BCUT2D eigenvalue weighted by atomic mass is 32.2. The summed E-state index contributed by atoms with van der Waals surface area (Å²) < 4.78 is 28.0. The van der Waals surface area contributed by atoms with E-state index in [2.05, 4.69) is 0 Å². The Labute approximate surface area is 138 Å². The molecule has 0 aromatic heterocycles. The van der Waals surface area contributed by atoms with Gasteiger partial charge in [-0.1, -0.05) is 48.5 Å². The first-order chi connectivity index (χ1) is 11.0. The number of nitrogens with two attached hydrogens (primary N) is 1. The highest BCUT2D eigenvalue weighted by Crippen LogP contribution is 2.32. The molecule has 122 valence electrons. The van der Waals surface area contributed by atoms with Crippen LogP contribution in [0, 0.1) is 0 Å². The molecule has 1 heterocycles. The van der Waals surface area contributed by atoms with Gasteiger partial charge in [0.05, 0.1) is 4.90 Å². The molecule has 0 radical (unpaired) electrons. The fourth-order valence-corrected chi connectivity index (χ4v) is 5.09. The molecule has 0 saturated carbocycles. The van der Waals surface area contributed by atoms with Crippen LogP contribution >= 0.6 is 0 Å². The molecule has 5 heteroatoms. The largest absolute Gasteiger partial charge is 0.328 e. The van der Waals surface area contributed by atoms with Gasteiger partial charge in [0.25, 0.3) is 0 Å². The molecule has 4 nitrogen and oxygen atoms in total. The SMILES string of the molecule is C[C@H]1C[C@H](N)CCN1S(=O)(=O)c1ccccc1-c1ccccc1. The van der Waals surface area contributed by atoms with Crippen LogP contribution in [0.3, 0.4) is 0 Å². The molecule has 2 aromatic rings. The zero-order valence-electron chi connectivity index (χ0n) is 13.2. The lowest BCUT2D eigenvalue weighted by atomic mass is 10.0. The molecule has 0 spiro atoms. The van der Waals surface area contributed by atoms with Gasteiger partial charge >= 0.3 is 0 Å². The third kappa shape index (κ3) is 3.17. The minimum Gasteiger partial charge on any atom is -0.328 e. The average Bonchev–Trinajstić information content (AvgIpc) is 2.55. The van der Waals surface area contributed by atoms with Crippen LogP contribution < -0.4 is 5.73 Å². The van der Waals surface area contributed by atoms with Gasteiger partial charge in [0.15, 0.2) is 0 Å². The second-order valence-corrected chi connectivity index (χ2v) is 7.97. The van der Waals surface area contributed by atoms with Crippen molar-refractivity contribution in [2.24, 2.45) is 5.73 Å². The molecule has 1 aliphatic rings. The first-order valence-corrected chi connectivity index (χ1v) is 9.36. The molecular formula is C18H22N2O2S. The highest BCUT2D eigenvalue weighted by molar-refractivity contribution is 7.89. The molecule has 23 heavy (non-hydrogen) atoms. The predicted molar refractivity (Wildman–Crippen MR) is 92.4 cm³/mol. The fourth-order valence-electron chi connectivity index (χ4n) is 3.22. The lowest BCUT2D eigenvalue weighted by Crippen LogP contribution is -2.48. The molecule has 2 N–H and O–H groups in total. The van der Waals surface area contributed by atoms with Crippen molar-refractivity contribution in [2.45, 2.75) is 36.7 Å². The normalized spacial score (nSPS) is 22.9. The molecule has 0 aliphatic carbocycles. The van der Waals surface area contributed by atoms with Crippen molar-refractivity contribution in [1.82, 2.24) is 4.31 Å². The van der Waals surface area contributed by atoms with E-state index in [4.69, 9.17) is 5.73 Å². The van der Waals surface area contributed by atoms with E-state index in [0.717, 1.165) is 11.1 Å². The van der Waals surface area contributed by atoms with Gasteiger partial charge in [0, 0.05) is 24.2 Å². The van der Waals surface area contributed by atoms with Crippen molar-refractivity contribution in [3.05, 3.63) is 54.6 Å². The van der Waals surface area contributed by atoms with Crippen molar-refractivity contribution in [1.29, 1.82) is 0 Å². The van der Waals surface area contributed by atoms with Gasteiger partial charge < -0.3 is 5.73 Å². The van der Waals surface area contributed by atoms with E-state index in [0.29, 0.717) is 24.3 Å². The van der Waals surface area contributed by atoms with Crippen LogP contribution in [0.1, 0.15) is 19.8 Å². The molecule has 2 atom stereocenters. The number of hydrogen-bond donors (Lipinski definition) is 1. The third-order valence-corrected chi connectivity index (χ3v) is 6.49. The van der Waals surface area contributed by atoms with E-state index >= 15 is 0 Å². The van der Waals surface area contributed by atoms with Crippen molar-refractivity contribution in [2.75, 3.05) is 6.54 Å². The second kappa shape index (κ2) is 6.43. The maximum Gasteiger partial charge on any atom is 0.243 e. The number of hydrogen-bond acceptors (Lipinski definition) is 3. The van der Waals surface area contributed by atoms with Gasteiger partial charge in [-0.05, 0) is 31.4 Å². The number of nitrogens with zero attached hydrogens (tertiary/aromatic N) is 1. The Balaban J connectivity index is 2.05. The summed E-state index contributed by atoms with van der Waals surface area (Å²) in [5, 5.41) is 0. The molecule has 0 amide bonds. The summed E-state index contributed by atoms with van der Waals surface area (Å²) >= 11 is 0. The number of rotatable bonds is 3. The Morgan fingerprint density at radius 1 is 1.04 bits per heavy atom. The van der Waals surface area contributed by atoms with Crippen LogP contribution in [0.25, 0.3) is 11.1 Å². The number of piperidine rings is 1. The molecule has 0 unspecified atom stereocenters. The summed E-state index contributed by atoms with van der Waals surface area (Å²) in [7, 11) is -3.54. The van der Waals surface area contributed by atoms with Crippen molar-refractivity contribution in [3.8, 4) is 11.1 Å². The third-order valence-electron chi connectivity index (χ3n) is 4.41. The monoisotopic (exact) mass is 330 g/mol. The summed E-state index contributed by atoms with van der Waals surface area (Å²) in [6, 6.07) is 16.8. The molecule has 1 saturated heterocycles. The lowest BCUT2D eigenvalue weighted by Gasteiger charge is -2.35. The highest BCUT2D eigenvalue weighted by Gasteiger charge is 2.34. The van der Waals surface area contributed by atoms with Crippen LogP contribution in [0.15, 0.2) is 59.5 Å². The van der Waals surface area contributed by atoms with Gasteiger partial charge in [0.1, 0.15) is 0 Å². The maximum absolute atomic E-state index is 13.2. The first kappa shape index (κ1) is 16.2. The molecule has 2 aromatic carbocycles. The van der Waals surface area contributed by atoms with Crippen LogP contribution in [-0.4, -0.2) is 31.4 Å². The standard InChI is InChI=1S/C18H22N2O2S/c1-14-13-16(19)11-12-20(14)23(21,22)18-10-6-5-9-17(18)15-7-3-2-4-8-15/h2-10,14,16H,11-13,19H2,1H3/t14-,16+/m0/s1. The summed E-state index contributed by atoms with van der Waals surface area (Å²) in [4.78, 5) is 0.369. The Bertz CT molecular complexity index is 775. The molecular weight excluding hydrogens is 308 g/mol. The minimum atomic E-state index is -3.54. The van der Waals surface area contributed by atoms with Gasteiger partial charge in [0.2, 0.25) is 10.0 Å². The first-order valence-electron chi connectivity index (χ1n) is 7.92. The topological polar surface area (TPSA) is 63.4 Å². The smallest absolute Gasteiger partial charge is 0.243 e. The Morgan fingerprint density at radius 3 is 2.39 bits per heavy atom. The van der Waals surface area contributed by atoms with E-state index in [1.54, 1.807) is 16.4 Å². The van der Waals surface area contributed by atoms with Crippen LogP contribution in [0.4, 0.5) is 0 Å². The van der Waals surface area contributed by atoms with E-state index in [1.807, 2.05) is 49.4 Å². The average molecular weight is 330 g/mol. The summed E-state index contributed by atoms with van der Waals surface area (Å²) in [5.41, 5.74) is 7.62. The van der Waals surface area contributed by atoms with E-state index in [1.165, 1.54) is 0 Å². The Hall–Kier alpha value is -1.69. The zero-order valence-corrected chi connectivity index (χ0v) is 14.0. The predicted octanol–water partition coefficient (Wildman–Crippen LogP) is 2.85. The van der Waals surface area contributed by atoms with E-state index in [-0.39, 0.29) is 12.1 Å². The summed E-state index contributed by atoms with van der Waals surface area (Å²) in [6.07, 6.45) is 1.41. The van der Waals surface area contributed by atoms with Crippen LogP contribution in [-0.2, 0) is 10.0 Å². The second-order valence-electron chi connectivity index (χ2n) is 6.11. The van der Waals surface area contributed by atoms with E-state index in [9.17, 15) is 8.42 Å². The number of sulfonamides is 1. The van der Waals surface area contributed by atoms with Gasteiger partial charge in [-0.15, -0.1) is 0 Å². The Kier molecular flexibility index (Phi) is 4.53. The van der Waals surface area contributed by atoms with E-state index < -0.39 is 10.0 Å². The van der Waals surface area contributed by atoms with Crippen molar-refractivity contribution < 1.29 is 8.42 Å². The molecule has 0 bridgehead atoms. The Morgan fingerprint density at radius 2 is 1.70 bits per heavy atom. The fraction of sp³-hybridized carbons (Fsp3) is 0.333. The molecule has 1 aliphatic heterocycles. The van der Waals surface area contributed by atoms with Gasteiger partial charge in [-0.25, -0.2) is 8.42 Å². The van der Waals surface area contributed by atoms with Gasteiger partial charge in [-0.3, -0.25) is 0 Å². The van der Waals surface area contributed by atoms with Crippen LogP contribution in [0.5, 0.6) is 0 Å². The minimum absolute atomic E-state index is 0.0763. The quantitative estimate of drug-likeness (QED) is 0.941. The lowest BCUT2D eigenvalue weighted by molar-refractivity contribution is 0.247. The molecule has 3 rings (SSSR count). The van der Waals surface area contributed by atoms with Crippen molar-refractivity contribution in [3.63, 3.8) is 0 Å². The van der Waals surface area contributed by atoms with Crippen LogP contribution in [0.2, 0.25) is 0 Å². The van der Waals surface area contributed by atoms with Crippen molar-refractivity contribution >= 4 is 10.0 Å². The summed E-state index contributed by atoms with van der Waals surface area (Å²) in [5.74, 6) is 0. The van der Waals surface area contributed by atoms with Gasteiger partial charge in [-0.2, -0.15) is 4.31 Å². The number of benzene rings is 2.